The number of hydrogen-bond acceptors (Lipinski definition) is 3. The first kappa shape index (κ1) is 13.9. The van der Waals surface area contributed by atoms with Crippen LogP contribution in [-0.4, -0.2) is 37.1 Å². The van der Waals surface area contributed by atoms with Crippen molar-refractivity contribution in [2.24, 2.45) is 11.8 Å². The molecule has 15 heavy (non-hydrogen) atoms. The zero-order chi connectivity index (χ0) is 11.8. The fourth-order valence-corrected chi connectivity index (χ4v) is 1.08. The summed E-state index contributed by atoms with van der Waals surface area (Å²) in [5.41, 5.74) is 0. The van der Waals surface area contributed by atoms with Crippen molar-refractivity contribution in [2.45, 2.75) is 20.3 Å². The van der Waals surface area contributed by atoms with Crippen LogP contribution in [0.15, 0.2) is 0 Å². The Hall–Kier alpha value is -1.10. The van der Waals surface area contributed by atoms with Crippen LogP contribution in [0.5, 0.6) is 0 Å². The van der Waals surface area contributed by atoms with E-state index in [2.05, 4.69) is 10.6 Å². The van der Waals surface area contributed by atoms with Crippen molar-refractivity contribution in [2.75, 3.05) is 20.1 Å². The van der Waals surface area contributed by atoms with Crippen LogP contribution in [-0.2, 0) is 9.59 Å². The Balaban J connectivity index is 3.84. The second-order valence-electron chi connectivity index (χ2n) is 3.66. The summed E-state index contributed by atoms with van der Waals surface area (Å²) in [7, 11) is 1.84. The van der Waals surface area contributed by atoms with E-state index in [0.29, 0.717) is 6.54 Å². The number of rotatable bonds is 7. The summed E-state index contributed by atoms with van der Waals surface area (Å²) in [5.74, 6) is -2.26. The number of amides is 1. The second kappa shape index (κ2) is 7.23. The van der Waals surface area contributed by atoms with Gasteiger partial charge in [0.15, 0.2) is 0 Å². The Labute approximate surface area is 90.2 Å². The van der Waals surface area contributed by atoms with Gasteiger partial charge in [-0.25, -0.2) is 0 Å². The van der Waals surface area contributed by atoms with Gasteiger partial charge in [0.2, 0.25) is 5.91 Å². The van der Waals surface area contributed by atoms with Gasteiger partial charge < -0.3 is 15.7 Å². The van der Waals surface area contributed by atoms with E-state index in [1.165, 1.54) is 0 Å². The molecule has 0 spiro atoms. The van der Waals surface area contributed by atoms with Crippen LogP contribution in [0, 0.1) is 11.8 Å². The van der Waals surface area contributed by atoms with Crippen LogP contribution in [0.25, 0.3) is 0 Å². The molecule has 0 aromatic rings. The smallest absolute Gasteiger partial charge is 0.307 e. The molecule has 0 fully saturated rings. The van der Waals surface area contributed by atoms with Crippen molar-refractivity contribution < 1.29 is 14.7 Å². The number of carboxylic acids is 1. The van der Waals surface area contributed by atoms with Crippen LogP contribution in [0.3, 0.4) is 0 Å². The first-order chi connectivity index (χ1) is 7.00. The molecule has 0 aliphatic rings. The maximum Gasteiger partial charge on any atom is 0.307 e. The van der Waals surface area contributed by atoms with Crippen LogP contribution in [0.1, 0.15) is 20.3 Å². The lowest BCUT2D eigenvalue weighted by atomic mass is 9.95. The predicted octanol–water partition coefficient (Wildman–Crippen LogP) is 0.0689. The number of carbonyl (C=O) groups excluding carboxylic acids is 1. The molecule has 0 aromatic carbocycles. The van der Waals surface area contributed by atoms with Gasteiger partial charge in [-0.2, -0.15) is 0 Å². The molecule has 0 heterocycles. The fraction of sp³-hybridized carbons (Fsp3) is 0.800. The van der Waals surface area contributed by atoms with Crippen molar-refractivity contribution in [1.82, 2.24) is 10.6 Å². The Morgan fingerprint density at radius 1 is 1.20 bits per heavy atom. The average molecular weight is 216 g/mol. The molecule has 0 aliphatic carbocycles. The molecule has 3 N–H and O–H groups in total. The lowest BCUT2D eigenvalue weighted by Gasteiger charge is -2.15. The summed E-state index contributed by atoms with van der Waals surface area (Å²) in [6.07, 6.45) is 0.844. The number of nitrogens with one attached hydrogen (secondary N) is 2. The minimum absolute atomic E-state index is 0.194. The molecule has 5 nitrogen and oxygen atoms in total. The van der Waals surface area contributed by atoms with E-state index in [4.69, 9.17) is 5.11 Å². The summed E-state index contributed by atoms with van der Waals surface area (Å²) in [4.78, 5) is 22.1. The standard InChI is InChI=1S/C10H20N2O3/c1-7(8(2)10(14)15)9(13)12-6-4-5-11-3/h7-8,11H,4-6H2,1-3H3,(H,12,13)(H,14,15). The highest BCUT2D eigenvalue weighted by Gasteiger charge is 2.25. The molecule has 2 unspecified atom stereocenters. The van der Waals surface area contributed by atoms with E-state index < -0.39 is 17.8 Å². The first-order valence-electron chi connectivity index (χ1n) is 5.15. The molecule has 0 bridgehead atoms. The Morgan fingerprint density at radius 3 is 2.27 bits per heavy atom. The number of carboxylic acid groups (broad SMARTS) is 1. The largest absolute Gasteiger partial charge is 0.481 e. The number of hydrogen-bond donors (Lipinski definition) is 3. The highest BCUT2D eigenvalue weighted by atomic mass is 16.4. The Kier molecular flexibility index (Phi) is 6.70. The topological polar surface area (TPSA) is 78.4 Å². The van der Waals surface area contributed by atoms with E-state index in [1.807, 2.05) is 7.05 Å². The predicted molar refractivity (Wildman–Crippen MR) is 57.5 cm³/mol. The van der Waals surface area contributed by atoms with Gasteiger partial charge >= 0.3 is 5.97 Å². The van der Waals surface area contributed by atoms with Crippen molar-refractivity contribution in [3.05, 3.63) is 0 Å². The molecular weight excluding hydrogens is 196 g/mol. The number of aliphatic carboxylic acids is 1. The molecule has 5 heteroatoms. The van der Waals surface area contributed by atoms with E-state index >= 15 is 0 Å². The maximum absolute atomic E-state index is 11.5. The molecule has 0 saturated carbocycles. The van der Waals surface area contributed by atoms with Crippen LogP contribution in [0.4, 0.5) is 0 Å². The van der Waals surface area contributed by atoms with Crippen LogP contribution in [0.2, 0.25) is 0 Å². The summed E-state index contributed by atoms with van der Waals surface area (Å²) in [6, 6.07) is 0. The molecule has 1 amide bonds. The molecule has 0 rings (SSSR count). The lowest BCUT2D eigenvalue weighted by Crippen LogP contribution is -2.36. The quantitative estimate of drug-likeness (QED) is 0.526. The van der Waals surface area contributed by atoms with Crippen LogP contribution >= 0.6 is 0 Å². The molecular formula is C10H20N2O3. The van der Waals surface area contributed by atoms with Crippen molar-refractivity contribution in [3.63, 3.8) is 0 Å². The van der Waals surface area contributed by atoms with E-state index in [9.17, 15) is 9.59 Å². The Bertz CT molecular complexity index is 219. The van der Waals surface area contributed by atoms with Gasteiger partial charge in [-0.1, -0.05) is 13.8 Å². The van der Waals surface area contributed by atoms with E-state index in [0.717, 1.165) is 13.0 Å². The van der Waals surface area contributed by atoms with Gasteiger partial charge in [0.25, 0.3) is 0 Å². The van der Waals surface area contributed by atoms with Crippen molar-refractivity contribution in [1.29, 1.82) is 0 Å². The maximum atomic E-state index is 11.5. The number of carbonyl (C=O) groups is 2. The van der Waals surface area contributed by atoms with Crippen molar-refractivity contribution in [3.8, 4) is 0 Å². The summed E-state index contributed by atoms with van der Waals surface area (Å²) in [5, 5.41) is 14.4. The third kappa shape index (κ3) is 5.37. The van der Waals surface area contributed by atoms with Gasteiger partial charge in [-0.05, 0) is 20.0 Å². The van der Waals surface area contributed by atoms with Crippen molar-refractivity contribution >= 4 is 11.9 Å². The highest BCUT2D eigenvalue weighted by molar-refractivity contribution is 5.84. The molecule has 0 saturated heterocycles. The molecule has 88 valence electrons. The third-order valence-corrected chi connectivity index (χ3v) is 2.46. The van der Waals surface area contributed by atoms with E-state index in [-0.39, 0.29) is 5.91 Å². The molecule has 0 aliphatic heterocycles. The zero-order valence-electron chi connectivity index (χ0n) is 9.54. The molecule has 2 atom stereocenters. The highest BCUT2D eigenvalue weighted by Crippen LogP contribution is 2.10. The van der Waals surface area contributed by atoms with Gasteiger partial charge in [0.05, 0.1) is 5.92 Å². The van der Waals surface area contributed by atoms with Gasteiger partial charge in [-0.3, -0.25) is 9.59 Å². The summed E-state index contributed by atoms with van der Waals surface area (Å²) < 4.78 is 0. The minimum atomic E-state index is -0.937. The summed E-state index contributed by atoms with van der Waals surface area (Å²) >= 11 is 0. The summed E-state index contributed by atoms with van der Waals surface area (Å²) in [6.45, 7) is 4.59. The Morgan fingerprint density at radius 2 is 1.80 bits per heavy atom. The fourth-order valence-electron chi connectivity index (χ4n) is 1.08. The second-order valence-corrected chi connectivity index (χ2v) is 3.66. The third-order valence-electron chi connectivity index (χ3n) is 2.46. The van der Waals surface area contributed by atoms with E-state index in [1.54, 1.807) is 13.8 Å². The SMILES string of the molecule is CNCCCNC(=O)C(C)C(C)C(=O)O. The monoisotopic (exact) mass is 216 g/mol. The zero-order valence-corrected chi connectivity index (χ0v) is 9.54. The van der Waals surface area contributed by atoms with Gasteiger partial charge in [0, 0.05) is 12.5 Å². The molecule has 0 radical (unpaired) electrons. The van der Waals surface area contributed by atoms with Gasteiger partial charge in [0.1, 0.15) is 0 Å². The average Bonchev–Trinajstić information content (AvgIpc) is 2.21. The normalized spacial score (nSPS) is 14.3. The molecule has 0 aromatic heterocycles. The van der Waals surface area contributed by atoms with Crippen LogP contribution < -0.4 is 10.6 Å². The lowest BCUT2D eigenvalue weighted by molar-refractivity contribution is -0.146. The minimum Gasteiger partial charge on any atom is -0.481 e. The first-order valence-corrected chi connectivity index (χ1v) is 5.15. The van der Waals surface area contributed by atoms with Gasteiger partial charge in [-0.15, -0.1) is 0 Å².